The van der Waals surface area contributed by atoms with Crippen LogP contribution in [0, 0.1) is 0 Å². The van der Waals surface area contributed by atoms with E-state index >= 15 is 0 Å². The number of hydrogen-bond donors (Lipinski definition) is 0. The molecule has 0 N–H and O–H groups in total. The van der Waals surface area contributed by atoms with Crippen molar-refractivity contribution in [2.45, 2.75) is 0 Å². The van der Waals surface area contributed by atoms with Gasteiger partial charge in [-0.05, 0) is 48.5 Å². The van der Waals surface area contributed by atoms with E-state index in [2.05, 4.69) is 114 Å². The van der Waals surface area contributed by atoms with Crippen molar-refractivity contribution in [1.82, 2.24) is 0 Å². The van der Waals surface area contributed by atoms with E-state index in [1.165, 1.54) is 22.3 Å². The third kappa shape index (κ3) is 3.13. The maximum absolute atomic E-state index is 3.53. The molecule has 0 amide bonds. The number of hydrogen-bond acceptors (Lipinski definition) is 2. The van der Waals surface area contributed by atoms with Gasteiger partial charge in [-0.3, -0.25) is 0 Å². The van der Waals surface area contributed by atoms with E-state index in [0.29, 0.717) is 0 Å². The van der Waals surface area contributed by atoms with Gasteiger partial charge in [0, 0.05) is 20.3 Å². The lowest BCUT2D eigenvalue weighted by molar-refractivity contribution is 1.12. The molecule has 0 aliphatic carbocycles. The average molecular weight is 440 g/mol. The van der Waals surface area contributed by atoms with E-state index < -0.39 is 0 Å². The summed E-state index contributed by atoms with van der Waals surface area (Å²) in [5, 5.41) is 0. The number of nitrogens with zero attached hydrogens (tertiary/aromatic N) is 2. The van der Waals surface area contributed by atoms with Crippen molar-refractivity contribution in [3.63, 3.8) is 0 Å². The maximum atomic E-state index is 3.53. The normalized spacial score (nSPS) is 13.1. The fraction of sp³-hybridized carbons (Fsp3) is 0. The molecule has 0 atom stereocenters. The standard InChI is InChI=1S/C18H14B2Br2N2/c21-13-5-9-15(10-6-13)23-19-17-3-1-2-4-18(17)20-24(23)16-11-7-14(22)8-12-16/h1-12,19-20H. The van der Waals surface area contributed by atoms with Crippen LogP contribution in [-0.4, -0.2) is 14.8 Å². The molecule has 0 radical (unpaired) electrons. The summed E-state index contributed by atoms with van der Waals surface area (Å²) in [6.45, 7) is 0. The second kappa shape index (κ2) is 6.69. The molecule has 0 saturated carbocycles. The summed E-state index contributed by atoms with van der Waals surface area (Å²) in [7, 11) is 1.74. The van der Waals surface area contributed by atoms with Crippen molar-refractivity contribution in [3.8, 4) is 0 Å². The van der Waals surface area contributed by atoms with Gasteiger partial charge in [0.15, 0.2) is 0 Å². The van der Waals surface area contributed by atoms with Crippen LogP contribution >= 0.6 is 31.9 Å². The van der Waals surface area contributed by atoms with Crippen LogP contribution in [0.25, 0.3) is 0 Å². The van der Waals surface area contributed by atoms with Crippen molar-refractivity contribution in [2.24, 2.45) is 0 Å². The van der Waals surface area contributed by atoms with Crippen molar-refractivity contribution < 1.29 is 0 Å². The Hall–Kier alpha value is -1.65. The number of benzene rings is 3. The molecule has 0 fully saturated rings. The van der Waals surface area contributed by atoms with Crippen LogP contribution in [0.3, 0.4) is 0 Å². The molecule has 3 aromatic rings. The van der Waals surface area contributed by atoms with Crippen LogP contribution in [0.5, 0.6) is 0 Å². The smallest absolute Gasteiger partial charge is 0.294 e. The van der Waals surface area contributed by atoms with Crippen LogP contribution < -0.4 is 20.8 Å². The zero-order valence-corrected chi connectivity index (χ0v) is 16.2. The largest absolute Gasteiger partial charge is 0.341 e. The second-order valence-corrected chi connectivity index (χ2v) is 7.67. The predicted molar refractivity (Wildman–Crippen MR) is 113 cm³/mol. The Morgan fingerprint density at radius 1 is 0.542 bits per heavy atom. The molecule has 0 unspecified atom stereocenters. The van der Waals surface area contributed by atoms with Crippen molar-refractivity contribution in [1.29, 1.82) is 0 Å². The Labute approximate surface area is 160 Å². The monoisotopic (exact) mass is 438 g/mol. The minimum absolute atomic E-state index is 0.869. The number of hydrazine groups is 1. The second-order valence-electron chi connectivity index (χ2n) is 5.84. The number of rotatable bonds is 2. The zero-order chi connectivity index (χ0) is 16.5. The first kappa shape index (κ1) is 15.9. The predicted octanol–water partition coefficient (Wildman–Crippen LogP) is 3.11. The summed E-state index contributed by atoms with van der Waals surface area (Å²) in [6.07, 6.45) is 0. The molecule has 0 bridgehead atoms. The highest BCUT2D eigenvalue weighted by Gasteiger charge is 2.26. The molecule has 0 spiro atoms. The highest BCUT2D eigenvalue weighted by molar-refractivity contribution is 9.10. The van der Waals surface area contributed by atoms with Crippen molar-refractivity contribution in [2.75, 3.05) is 9.84 Å². The molecule has 0 saturated heterocycles. The highest BCUT2D eigenvalue weighted by Crippen LogP contribution is 2.25. The van der Waals surface area contributed by atoms with Gasteiger partial charge in [-0.15, -0.1) is 0 Å². The molecule has 116 valence electrons. The summed E-state index contributed by atoms with van der Waals surface area (Å²) in [5.74, 6) is 0. The Balaban J connectivity index is 1.78. The lowest BCUT2D eigenvalue weighted by Gasteiger charge is -2.42. The fourth-order valence-corrected chi connectivity index (χ4v) is 3.58. The molecule has 1 aliphatic heterocycles. The Morgan fingerprint density at radius 2 is 0.917 bits per heavy atom. The Bertz CT molecular complexity index is 781. The van der Waals surface area contributed by atoms with Gasteiger partial charge >= 0.3 is 0 Å². The minimum Gasteiger partial charge on any atom is -0.341 e. The molecule has 3 aromatic carbocycles. The number of fused-ring (bicyclic) bond motifs is 1. The van der Waals surface area contributed by atoms with Gasteiger partial charge in [0.2, 0.25) is 0 Å². The van der Waals surface area contributed by atoms with Crippen LogP contribution in [0.4, 0.5) is 11.4 Å². The van der Waals surface area contributed by atoms with Gasteiger partial charge in [0.05, 0.1) is 0 Å². The molecule has 0 aromatic heterocycles. The van der Waals surface area contributed by atoms with Crippen LogP contribution in [0.2, 0.25) is 0 Å². The quantitative estimate of drug-likeness (QED) is 0.566. The Morgan fingerprint density at radius 3 is 1.29 bits per heavy atom. The van der Waals surface area contributed by atoms with E-state index in [1.54, 1.807) is 0 Å². The molecule has 1 aliphatic rings. The van der Waals surface area contributed by atoms with Crippen LogP contribution in [0.15, 0.2) is 81.7 Å². The summed E-state index contributed by atoms with van der Waals surface area (Å²) >= 11 is 7.05. The average Bonchev–Trinajstić information content (AvgIpc) is 2.62. The molecule has 1 heterocycles. The van der Waals surface area contributed by atoms with Gasteiger partial charge in [0.25, 0.3) is 14.8 Å². The molecule has 24 heavy (non-hydrogen) atoms. The first-order valence-electron chi connectivity index (χ1n) is 7.83. The molecule has 2 nitrogen and oxygen atoms in total. The van der Waals surface area contributed by atoms with Gasteiger partial charge in [-0.1, -0.05) is 67.1 Å². The SMILES string of the molecule is Brc1ccc(N2Bc3ccccc3BN2c2ccc(Br)cc2)cc1. The summed E-state index contributed by atoms with van der Waals surface area (Å²) in [6, 6.07) is 25.7. The molecule has 6 heteroatoms. The summed E-state index contributed by atoms with van der Waals surface area (Å²) < 4.78 is 2.19. The number of halogens is 2. The number of anilines is 2. The lowest BCUT2D eigenvalue weighted by Crippen LogP contribution is -2.63. The topological polar surface area (TPSA) is 6.48 Å². The van der Waals surface area contributed by atoms with Gasteiger partial charge in [-0.25, -0.2) is 0 Å². The van der Waals surface area contributed by atoms with Crippen LogP contribution in [0.1, 0.15) is 0 Å². The highest BCUT2D eigenvalue weighted by atomic mass is 79.9. The van der Waals surface area contributed by atoms with E-state index in [1.807, 2.05) is 0 Å². The van der Waals surface area contributed by atoms with E-state index in [9.17, 15) is 0 Å². The van der Waals surface area contributed by atoms with E-state index in [-0.39, 0.29) is 0 Å². The van der Waals surface area contributed by atoms with Crippen LogP contribution in [-0.2, 0) is 0 Å². The van der Waals surface area contributed by atoms with Crippen molar-refractivity contribution >= 4 is 69.0 Å². The zero-order valence-electron chi connectivity index (χ0n) is 13.0. The first-order chi connectivity index (χ1) is 11.7. The van der Waals surface area contributed by atoms with Gasteiger partial charge in [0.1, 0.15) is 0 Å². The van der Waals surface area contributed by atoms with Gasteiger partial charge < -0.3 is 9.84 Å². The summed E-state index contributed by atoms with van der Waals surface area (Å²) in [5.41, 5.74) is 5.15. The third-order valence-corrected chi connectivity index (χ3v) is 5.36. The van der Waals surface area contributed by atoms with E-state index in [4.69, 9.17) is 0 Å². The Kier molecular flexibility index (Phi) is 4.42. The van der Waals surface area contributed by atoms with E-state index in [0.717, 1.165) is 23.8 Å². The minimum atomic E-state index is 0.869. The van der Waals surface area contributed by atoms with Gasteiger partial charge in [-0.2, -0.15) is 0 Å². The molecule has 4 rings (SSSR count). The van der Waals surface area contributed by atoms with Crippen molar-refractivity contribution in [3.05, 3.63) is 81.7 Å². The fourth-order valence-electron chi connectivity index (χ4n) is 3.05. The molecular formula is C18H14B2Br2N2. The third-order valence-electron chi connectivity index (χ3n) is 4.30. The summed E-state index contributed by atoms with van der Waals surface area (Å²) in [4.78, 5) is 4.69. The lowest BCUT2D eigenvalue weighted by atomic mass is 9.63. The molecular weight excluding hydrogens is 426 g/mol. The maximum Gasteiger partial charge on any atom is 0.294 e. The first-order valence-corrected chi connectivity index (χ1v) is 9.42.